The Hall–Kier alpha value is -0.650. The Morgan fingerprint density at radius 2 is 2.15 bits per heavy atom. The van der Waals surface area contributed by atoms with Crippen molar-refractivity contribution < 1.29 is 0 Å². The van der Waals surface area contributed by atoms with Gasteiger partial charge in [0.25, 0.3) is 0 Å². The Labute approximate surface area is 125 Å². The third kappa shape index (κ3) is 3.71. The monoisotopic (exact) mass is 297 g/mol. The van der Waals surface area contributed by atoms with E-state index in [1.807, 2.05) is 5.38 Å². The van der Waals surface area contributed by atoms with Crippen LogP contribution in [0.3, 0.4) is 0 Å². The molecule has 0 spiro atoms. The Morgan fingerprint density at radius 3 is 2.65 bits per heavy atom. The minimum Gasteiger partial charge on any atom is -0.315 e. The number of nitrogens with zero attached hydrogens (tertiary/aromatic N) is 1. The molecular formula is C15H27N3OS. The maximum absolute atomic E-state index is 11.3. The van der Waals surface area contributed by atoms with Crippen LogP contribution in [0.25, 0.3) is 0 Å². The summed E-state index contributed by atoms with van der Waals surface area (Å²) in [5.41, 5.74) is 1.29. The summed E-state index contributed by atoms with van der Waals surface area (Å²) in [5.74, 6) is 0.605. The zero-order chi connectivity index (χ0) is 14.9. The summed E-state index contributed by atoms with van der Waals surface area (Å²) in [6.07, 6.45) is 0. The molecule has 0 amide bonds. The zero-order valence-electron chi connectivity index (χ0n) is 13.2. The topological polar surface area (TPSA) is 48.1 Å². The second kappa shape index (κ2) is 6.00. The van der Waals surface area contributed by atoms with Crippen LogP contribution < -0.4 is 10.2 Å². The lowest BCUT2D eigenvalue weighted by atomic mass is 9.83. The highest BCUT2D eigenvalue weighted by Gasteiger charge is 2.35. The number of nitrogens with one attached hydrogen (secondary N) is 2. The van der Waals surface area contributed by atoms with Crippen molar-refractivity contribution in [2.75, 3.05) is 13.1 Å². The second-order valence-electron chi connectivity index (χ2n) is 7.24. The first-order chi connectivity index (χ1) is 9.27. The number of thiazole rings is 1. The summed E-state index contributed by atoms with van der Waals surface area (Å²) < 4.78 is 0. The molecule has 0 radical (unpaired) electrons. The molecule has 2 N–H and O–H groups in total. The van der Waals surface area contributed by atoms with Crippen LogP contribution in [0.1, 0.15) is 40.3 Å². The van der Waals surface area contributed by atoms with Gasteiger partial charge >= 0.3 is 4.87 Å². The number of aromatic amines is 1. The van der Waals surface area contributed by atoms with E-state index in [1.54, 1.807) is 0 Å². The minimum absolute atomic E-state index is 0.0450. The number of H-pyrrole nitrogens is 1. The molecule has 1 aliphatic heterocycles. The molecule has 1 fully saturated rings. The van der Waals surface area contributed by atoms with Crippen molar-refractivity contribution in [2.45, 2.75) is 53.2 Å². The zero-order valence-corrected chi connectivity index (χ0v) is 14.0. The van der Waals surface area contributed by atoms with Crippen LogP contribution in [0.4, 0.5) is 0 Å². The van der Waals surface area contributed by atoms with Crippen LogP contribution in [0.5, 0.6) is 0 Å². The lowest BCUT2D eigenvalue weighted by Crippen LogP contribution is -2.61. The van der Waals surface area contributed by atoms with Gasteiger partial charge in [-0.15, -0.1) is 0 Å². The quantitative estimate of drug-likeness (QED) is 0.900. The van der Waals surface area contributed by atoms with E-state index in [4.69, 9.17) is 0 Å². The molecule has 1 aromatic heterocycles. The molecule has 114 valence electrons. The van der Waals surface area contributed by atoms with E-state index in [0.29, 0.717) is 18.0 Å². The summed E-state index contributed by atoms with van der Waals surface area (Å²) in [4.78, 5) is 16.8. The van der Waals surface area contributed by atoms with Crippen LogP contribution >= 0.6 is 11.3 Å². The molecular weight excluding hydrogens is 270 g/mol. The van der Waals surface area contributed by atoms with Crippen molar-refractivity contribution in [3.05, 3.63) is 20.7 Å². The highest BCUT2D eigenvalue weighted by molar-refractivity contribution is 7.07. The molecule has 2 atom stereocenters. The summed E-state index contributed by atoms with van der Waals surface area (Å²) in [5, 5.41) is 5.65. The predicted octanol–water partition coefficient (Wildman–Crippen LogP) is 2.28. The van der Waals surface area contributed by atoms with Crippen LogP contribution in [0, 0.1) is 11.3 Å². The fourth-order valence-electron chi connectivity index (χ4n) is 2.86. The Kier molecular flexibility index (Phi) is 4.72. The molecule has 0 saturated carbocycles. The highest BCUT2D eigenvalue weighted by atomic mass is 32.1. The van der Waals surface area contributed by atoms with Crippen LogP contribution in [-0.4, -0.2) is 35.1 Å². The normalized spacial score (nSPS) is 25.3. The van der Waals surface area contributed by atoms with Gasteiger partial charge in [-0.3, -0.25) is 9.69 Å². The Bertz CT molecular complexity index is 486. The van der Waals surface area contributed by atoms with E-state index in [1.165, 1.54) is 11.3 Å². The van der Waals surface area contributed by atoms with Gasteiger partial charge in [-0.2, -0.15) is 0 Å². The predicted molar refractivity (Wildman–Crippen MR) is 85.2 cm³/mol. The molecule has 0 bridgehead atoms. The molecule has 1 aromatic rings. The minimum atomic E-state index is 0.0450. The third-order valence-electron chi connectivity index (χ3n) is 4.22. The van der Waals surface area contributed by atoms with Gasteiger partial charge in [0, 0.05) is 42.8 Å². The van der Waals surface area contributed by atoms with E-state index in [9.17, 15) is 4.79 Å². The maximum atomic E-state index is 11.3. The summed E-state index contributed by atoms with van der Waals surface area (Å²) in [7, 11) is 0. The van der Waals surface area contributed by atoms with Crippen LogP contribution in [0.2, 0.25) is 0 Å². The summed E-state index contributed by atoms with van der Waals surface area (Å²) in [6.45, 7) is 14.3. The molecule has 4 nitrogen and oxygen atoms in total. The van der Waals surface area contributed by atoms with Gasteiger partial charge in [0.1, 0.15) is 0 Å². The van der Waals surface area contributed by atoms with E-state index in [2.05, 4.69) is 49.8 Å². The summed E-state index contributed by atoms with van der Waals surface area (Å²) in [6, 6.07) is 1.01. The number of piperazine rings is 1. The fraction of sp³-hybridized carbons (Fsp3) is 0.800. The average molecular weight is 297 g/mol. The fourth-order valence-corrected chi connectivity index (χ4v) is 3.43. The van der Waals surface area contributed by atoms with Crippen molar-refractivity contribution in [3.8, 4) is 0 Å². The van der Waals surface area contributed by atoms with Crippen molar-refractivity contribution in [3.63, 3.8) is 0 Å². The second-order valence-corrected chi connectivity index (χ2v) is 8.08. The first-order valence-electron chi connectivity index (χ1n) is 7.41. The van der Waals surface area contributed by atoms with Crippen molar-refractivity contribution in [1.82, 2.24) is 15.2 Å². The van der Waals surface area contributed by atoms with Gasteiger partial charge in [0.2, 0.25) is 0 Å². The molecule has 1 saturated heterocycles. The molecule has 1 aliphatic rings. The van der Waals surface area contributed by atoms with E-state index in [-0.39, 0.29) is 10.3 Å². The van der Waals surface area contributed by atoms with Crippen molar-refractivity contribution in [2.24, 2.45) is 11.3 Å². The molecule has 5 heteroatoms. The smallest absolute Gasteiger partial charge is 0.304 e. The Morgan fingerprint density at radius 1 is 1.45 bits per heavy atom. The van der Waals surface area contributed by atoms with Gasteiger partial charge in [-0.05, 0) is 11.3 Å². The van der Waals surface area contributed by atoms with Crippen molar-refractivity contribution >= 4 is 11.3 Å². The number of aromatic nitrogens is 1. The molecule has 20 heavy (non-hydrogen) atoms. The third-order valence-corrected chi connectivity index (χ3v) is 4.94. The largest absolute Gasteiger partial charge is 0.315 e. The van der Waals surface area contributed by atoms with Crippen molar-refractivity contribution in [1.29, 1.82) is 0 Å². The molecule has 2 rings (SSSR count). The van der Waals surface area contributed by atoms with Gasteiger partial charge in [0.05, 0.1) is 0 Å². The standard InChI is InChI=1S/C15H27N3OS/c1-10(2)12-6-16-13(15(3,4)5)8-18(12)7-11-9-20-14(19)17-11/h9-10,12-13,16H,6-8H2,1-5H3,(H,17,19). The van der Waals surface area contributed by atoms with Gasteiger partial charge in [0.15, 0.2) is 0 Å². The van der Waals surface area contributed by atoms with Gasteiger partial charge in [-0.1, -0.05) is 46.0 Å². The molecule has 0 aromatic carbocycles. The first-order valence-corrected chi connectivity index (χ1v) is 8.29. The first kappa shape index (κ1) is 15.7. The number of hydrogen-bond donors (Lipinski definition) is 2. The van der Waals surface area contributed by atoms with Crippen LogP contribution in [0.15, 0.2) is 10.2 Å². The van der Waals surface area contributed by atoms with E-state index >= 15 is 0 Å². The molecule has 2 heterocycles. The van der Waals surface area contributed by atoms with Gasteiger partial charge < -0.3 is 10.3 Å². The highest BCUT2D eigenvalue weighted by Crippen LogP contribution is 2.26. The molecule has 2 unspecified atom stereocenters. The van der Waals surface area contributed by atoms with Gasteiger partial charge in [-0.25, -0.2) is 0 Å². The Balaban J connectivity index is 2.12. The maximum Gasteiger partial charge on any atom is 0.304 e. The lowest BCUT2D eigenvalue weighted by Gasteiger charge is -2.46. The number of hydrogen-bond acceptors (Lipinski definition) is 4. The molecule has 0 aliphatic carbocycles. The van der Waals surface area contributed by atoms with Crippen LogP contribution in [-0.2, 0) is 6.54 Å². The van der Waals surface area contributed by atoms with E-state index < -0.39 is 0 Å². The van der Waals surface area contributed by atoms with E-state index in [0.717, 1.165) is 25.3 Å². The summed E-state index contributed by atoms with van der Waals surface area (Å²) >= 11 is 1.26. The average Bonchev–Trinajstić information content (AvgIpc) is 2.73. The SMILES string of the molecule is CC(C)C1CNC(C(C)(C)C)CN1Cc1csc(=O)[nH]1. The lowest BCUT2D eigenvalue weighted by molar-refractivity contribution is 0.0564. The number of rotatable bonds is 3.